The number of para-hydroxylation sites is 1. The predicted octanol–water partition coefficient (Wildman–Crippen LogP) is 13.0. The molecular formula is C48H40N2. The second-order valence-corrected chi connectivity index (χ2v) is 15.7. The highest BCUT2D eigenvalue weighted by Crippen LogP contribution is 2.49. The van der Waals surface area contributed by atoms with Crippen LogP contribution in [0.15, 0.2) is 146 Å². The van der Waals surface area contributed by atoms with E-state index >= 15 is 0 Å². The zero-order chi connectivity index (χ0) is 33.8. The van der Waals surface area contributed by atoms with E-state index in [0.717, 1.165) is 0 Å². The van der Waals surface area contributed by atoms with Crippen LogP contribution in [-0.4, -0.2) is 9.13 Å². The van der Waals surface area contributed by atoms with Crippen LogP contribution in [0.4, 0.5) is 0 Å². The Morgan fingerprint density at radius 1 is 0.400 bits per heavy atom. The Morgan fingerprint density at radius 3 is 1.68 bits per heavy atom. The molecule has 2 heterocycles. The first-order chi connectivity index (χ1) is 24.3. The summed E-state index contributed by atoms with van der Waals surface area (Å²) in [5.41, 5.74) is 13.1. The van der Waals surface area contributed by atoms with Crippen LogP contribution >= 0.6 is 0 Å². The van der Waals surface area contributed by atoms with E-state index < -0.39 is 0 Å². The monoisotopic (exact) mass is 644 g/mol. The molecule has 9 aromatic rings. The van der Waals surface area contributed by atoms with E-state index in [1.807, 2.05) is 0 Å². The van der Waals surface area contributed by atoms with Gasteiger partial charge in [0.25, 0.3) is 0 Å². The van der Waals surface area contributed by atoms with E-state index in [9.17, 15) is 0 Å². The number of aromatic nitrogens is 2. The maximum Gasteiger partial charge on any atom is 0.0619 e. The van der Waals surface area contributed by atoms with Crippen LogP contribution in [0.3, 0.4) is 0 Å². The minimum Gasteiger partial charge on any atom is -0.309 e. The second kappa shape index (κ2) is 10.5. The van der Waals surface area contributed by atoms with E-state index in [4.69, 9.17) is 0 Å². The molecule has 0 spiro atoms. The Labute approximate surface area is 293 Å². The first-order valence-electron chi connectivity index (χ1n) is 18.0. The van der Waals surface area contributed by atoms with Crippen molar-refractivity contribution in [1.29, 1.82) is 0 Å². The molecule has 0 bridgehead atoms. The lowest BCUT2D eigenvalue weighted by molar-refractivity contribution is 0.332. The van der Waals surface area contributed by atoms with Crippen LogP contribution in [0.1, 0.15) is 51.7 Å². The maximum atomic E-state index is 2.55. The van der Waals surface area contributed by atoms with Crippen molar-refractivity contribution in [3.05, 3.63) is 157 Å². The van der Waals surface area contributed by atoms with Crippen LogP contribution in [0.5, 0.6) is 0 Å². The van der Waals surface area contributed by atoms with Crippen molar-refractivity contribution in [2.45, 2.75) is 51.4 Å². The number of rotatable bonds is 3. The summed E-state index contributed by atoms with van der Waals surface area (Å²) < 4.78 is 5.02. The number of nitrogens with zero attached hydrogens (tertiary/aromatic N) is 2. The zero-order valence-corrected chi connectivity index (χ0v) is 29.2. The fraction of sp³-hybridized carbons (Fsp3) is 0.167. The Balaban J connectivity index is 1.35. The molecule has 7 aromatic carbocycles. The molecule has 2 heteroatoms. The van der Waals surface area contributed by atoms with Gasteiger partial charge in [-0.2, -0.15) is 0 Å². The second-order valence-electron chi connectivity index (χ2n) is 15.7. The molecule has 1 aliphatic carbocycles. The SMILES string of the molecule is CC1(C)CCC(C)(C)c2cc3c(cc21)c1cc2c4ccc5ccccc5c4n(-c4ccc(-c5ccccc5)cc4)c2cc1n3-c1ccccc1. The molecule has 0 radical (unpaired) electrons. The van der Waals surface area contributed by atoms with Crippen LogP contribution in [0.2, 0.25) is 0 Å². The summed E-state index contributed by atoms with van der Waals surface area (Å²) in [6.45, 7) is 9.73. The third-order valence-electron chi connectivity index (χ3n) is 11.8. The molecule has 2 nitrogen and oxygen atoms in total. The Hall–Kier alpha value is -5.60. The first-order valence-corrected chi connectivity index (χ1v) is 18.0. The van der Waals surface area contributed by atoms with E-state index in [1.165, 1.54) is 101 Å². The smallest absolute Gasteiger partial charge is 0.0619 e. The van der Waals surface area contributed by atoms with Crippen molar-refractivity contribution in [2.24, 2.45) is 0 Å². The van der Waals surface area contributed by atoms with Crippen LogP contribution in [0, 0.1) is 0 Å². The highest BCUT2D eigenvalue weighted by atomic mass is 15.0. The molecule has 2 aromatic heterocycles. The molecule has 0 fully saturated rings. The van der Waals surface area contributed by atoms with Crippen molar-refractivity contribution < 1.29 is 0 Å². The summed E-state index contributed by atoms with van der Waals surface area (Å²) in [6.07, 6.45) is 2.39. The van der Waals surface area contributed by atoms with Gasteiger partial charge in [-0.05, 0) is 99.8 Å². The number of benzene rings is 7. The topological polar surface area (TPSA) is 9.86 Å². The molecule has 1 aliphatic rings. The first kappa shape index (κ1) is 29.3. The highest BCUT2D eigenvalue weighted by molar-refractivity contribution is 6.23. The molecular weight excluding hydrogens is 605 g/mol. The normalized spacial score (nSPS) is 15.4. The van der Waals surface area contributed by atoms with E-state index in [2.05, 4.69) is 182 Å². The van der Waals surface area contributed by atoms with Gasteiger partial charge in [0.2, 0.25) is 0 Å². The van der Waals surface area contributed by atoms with Gasteiger partial charge >= 0.3 is 0 Å². The number of hydrogen-bond donors (Lipinski definition) is 0. The minimum atomic E-state index is 0.126. The Bertz CT molecular complexity index is 2780. The lowest BCUT2D eigenvalue weighted by Crippen LogP contribution is -2.33. The molecule has 242 valence electrons. The largest absolute Gasteiger partial charge is 0.309 e. The summed E-state index contributed by atoms with van der Waals surface area (Å²) in [4.78, 5) is 0. The molecule has 50 heavy (non-hydrogen) atoms. The minimum absolute atomic E-state index is 0.126. The lowest BCUT2D eigenvalue weighted by Gasteiger charge is -2.42. The summed E-state index contributed by atoms with van der Waals surface area (Å²) >= 11 is 0. The quantitative estimate of drug-likeness (QED) is 0.181. The predicted molar refractivity (Wildman–Crippen MR) is 213 cm³/mol. The molecule has 10 rings (SSSR count). The summed E-state index contributed by atoms with van der Waals surface area (Å²) in [5, 5.41) is 7.74. The van der Waals surface area contributed by atoms with E-state index in [0.29, 0.717) is 0 Å². The molecule has 0 atom stereocenters. The molecule has 0 saturated heterocycles. The van der Waals surface area contributed by atoms with Gasteiger partial charge in [-0.3, -0.25) is 0 Å². The molecule has 0 unspecified atom stereocenters. The number of fused-ring (bicyclic) bond motifs is 9. The summed E-state index contributed by atoms with van der Waals surface area (Å²) in [7, 11) is 0. The van der Waals surface area contributed by atoms with Crippen molar-refractivity contribution >= 4 is 54.4 Å². The lowest BCUT2D eigenvalue weighted by atomic mass is 9.63. The maximum absolute atomic E-state index is 2.55. The fourth-order valence-electron chi connectivity index (χ4n) is 8.90. The molecule has 0 amide bonds. The fourth-order valence-corrected chi connectivity index (χ4v) is 8.90. The molecule has 0 N–H and O–H groups in total. The van der Waals surface area contributed by atoms with Crippen LogP contribution in [-0.2, 0) is 10.8 Å². The highest BCUT2D eigenvalue weighted by Gasteiger charge is 2.38. The standard InChI is InChI=1S/C48H40N2/c1-47(2)25-26-48(3,4)42-29-43-40(28-41(42)47)39-27-38-37-24-21-33-15-11-12-18-36(33)46(37)50(35-22-19-32(20-23-35)31-13-7-5-8-14-31)45(38)30-44(39)49(43)34-16-9-6-10-17-34/h5-24,27-30H,25-26H2,1-4H3. The molecule has 0 aliphatic heterocycles. The Morgan fingerprint density at radius 2 is 0.940 bits per heavy atom. The third kappa shape index (κ3) is 4.21. The van der Waals surface area contributed by atoms with Crippen molar-refractivity contribution in [1.82, 2.24) is 9.13 Å². The van der Waals surface area contributed by atoms with E-state index in [1.54, 1.807) is 0 Å². The van der Waals surface area contributed by atoms with Crippen molar-refractivity contribution in [2.75, 3.05) is 0 Å². The van der Waals surface area contributed by atoms with Crippen molar-refractivity contribution in [3.8, 4) is 22.5 Å². The zero-order valence-electron chi connectivity index (χ0n) is 29.2. The van der Waals surface area contributed by atoms with Crippen molar-refractivity contribution in [3.63, 3.8) is 0 Å². The summed E-state index contributed by atoms with van der Waals surface area (Å²) in [6, 6.07) is 54.2. The van der Waals surface area contributed by atoms with Gasteiger partial charge in [0.1, 0.15) is 0 Å². The summed E-state index contributed by atoms with van der Waals surface area (Å²) in [5.74, 6) is 0. The average molecular weight is 645 g/mol. The van der Waals surface area contributed by atoms with Gasteiger partial charge in [0.05, 0.1) is 22.1 Å². The van der Waals surface area contributed by atoms with Gasteiger partial charge in [0, 0.05) is 38.3 Å². The Kier molecular flexibility index (Phi) is 6.13. The van der Waals surface area contributed by atoms with Gasteiger partial charge in [-0.25, -0.2) is 0 Å². The third-order valence-corrected chi connectivity index (χ3v) is 11.8. The van der Waals surface area contributed by atoms with Gasteiger partial charge < -0.3 is 9.13 Å². The van der Waals surface area contributed by atoms with Gasteiger partial charge in [-0.1, -0.05) is 125 Å². The molecule has 0 saturated carbocycles. The number of hydrogen-bond acceptors (Lipinski definition) is 0. The van der Waals surface area contributed by atoms with Crippen LogP contribution < -0.4 is 0 Å². The van der Waals surface area contributed by atoms with Gasteiger partial charge in [-0.15, -0.1) is 0 Å². The van der Waals surface area contributed by atoms with Gasteiger partial charge in [0.15, 0.2) is 0 Å². The average Bonchev–Trinajstić information content (AvgIpc) is 3.65. The van der Waals surface area contributed by atoms with E-state index in [-0.39, 0.29) is 10.8 Å². The van der Waals surface area contributed by atoms with Crippen LogP contribution in [0.25, 0.3) is 76.9 Å².